The molecule has 0 bridgehead atoms. The van der Waals surface area contributed by atoms with Gasteiger partial charge in [-0.25, -0.2) is 0 Å². The fourth-order valence-corrected chi connectivity index (χ4v) is 3.56. The average Bonchev–Trinajstić information content (AvgIpc) is 2.83. The highest BCUT2D eigenvalue weighted by Gasteiger charge is 2.24. The molecule has 0 saturated carbocycles. The second kappa shape index (κ2) is 11.2. The number of nitro groups is 1. The number of hydrogen-bond acceptors (Lipinski definition) is 6. The van der Waals surface area contributed by atoms with Gasteiger partial charge in [0, 0.05) is 38.3 Å². The number of nitro benzene ring substituents is 1. The van der Waals surface area contributed by atoms with E-state index >= 15 is 0 Å². The Morgan fingerprint density at radius 1 is 1.12 bits per heavy atom. The minimum atomic E-state index is -0.371. The zero-order valence-corrected chi connectivity index (χ0v) is 18.5. The molecule has 2 aromatic carbocycles. The Bertz CT molecular complexity index is 968. The topological polar surface area (TPSA) is 85.2 Å². The molecule has 3 rings (SSSR count). The highest BCUT2D eigenvalue weighted by Crippen LogP contribution is 2.30. The van der Waals surface area contributed by atoms with Gasteiger partial charge in [0.25, 0.3) is 5.69 Å². The molecular weight excluding hydrogens is 410 g/mol. The van der Waals surface area contributed by atoms with Gasteiger partial charge in [-0.15, -0.1) is 0 Å². The fourth-order valence-electron chi connectivity index (χ4n) is 3.56. The van der Waals surface area contributed by atoms with Gasteiger partial charge < -0.3 is 19.3 Å². The minimum absolute atomic E-state index is 0.0863. The van der Waals surface area contributed by atoms with Gasteiger partial charge in [-0.1, -0.05) is 31.5 Å². The summed E-state index contributed by atoms with van der Waals surface area (Å²) in [5.41, 5.74) is 1.52. The van der Waals surface area contributed by atoms with Crippen molar-refractivity contribution < 1.29 is 19.2 Å². The summed E-state index contributed by atoms with van der Waals surface area (Å²) < 4.78 is 11.2. The largest absolute Gasteiger partial charge is 0.493 e. The van der Waals surface area contributed by atoms with E-state index in [9.17, 15) is 14.9 Å². The molecule has 8 heteroatoms. The van der Waals surface area contributed by atoms with Gasteiger partial charge in [0.15, 0.2) is 11.5 Å². The van der Waals surface area contributed by atoms with E-state index in [0.717, 1.165) is 18.4 Å². The number of benzene rings is 2. The Kier molecular flexibility index (Phi) is 8.08. The molecule has 0 aliphatic carbocycles. The van der Waals surface area contributed by atoms with Crippen LogP contribution >= 0.6 is 0 Å². The molecular formula is C24H29N3O5. The van der Waals surface area contributed by atoms with Crippen molar-refractivity contribution in [3.8, 4) is 11.5 Å². The van der Waals surface area contributed by atoms with Crippen molar-refractivity contribution in [1.82, 2.24) is 4.90 Å². The number of rotatable bonds is 9. The highest BCUT2D eigenvalue weighted by atomic mass is 16.6. The van der Waals surface area contributed by atoms with Crippen LogP contribution in [0.25, 0.3) is 6.08 Å². The SMILES string of the molecule is CCCCOc1ccc(/C=C/C(=O)N2CCN(c3ccccc3[N+](=O)[O-])CC2)cc1OC. The van der Waals surface area contributed by atoms with Crippen molar-refractivity contribution in [1.29, 1.82) is 0 Å². The molecule has 0 N–H and O–H groups in total. The summed E-state index contributed by atoms with van der Waals surface area (Å²) in [6.07, 6.45) is 5.34. The standard InChI is InChI=1S/C24H29N3O5/c1-3-4-17-32-22-11-9-19(18-23(22)31-2)10-12-24(28)26-15-13-25(14-16-26)20-7-5-6-8-21(20)27(29)30/h5-12,18H,3-4,13-17H2,1-2H3/b12-10+. The van der Waals surface area contributed by atoms with E-state index in [2.05, 4.69) is 6.92 Å². The molecule has 1 aliphatic heterocycles. The monoisotopic (exact) mass is 439 g/mol. The van der Waals surface area contributed by atoms with Crippen LogP contribution in [0.1, 0.15) is 25.3 Å². The Labute approximate surface area is 188 Å². The van der Waals surface area contributed by atoms with Gasteiger partial charge in [-0.2, -0.15) is 0 Å². The van der Waals surface area contributed by atoms with Crippen molar-refractivity contribution in [3.05, 3.63) is 64.2 Å². The number of anilines is 1. The number of ether oxygens (including phenoxy) is 2. The number of carbonyl (C=O) groups is 1. The lowest BCUT2D eigenvalue weighted by Crippen LogP contribution is -2.48. The zero-order valence-electron chi connectivity index (χ0n) is 18.5. The maximum absolute atomic E-state index is 12.6. The van der Waals surface area contributed by atoms with Crippen molar-refractivity contribution in [3.63, 3.8) is 0 Å². The van der Waals surface area contributed by atoms with E-state index in [1.807, 2.05) is 23.1 Å². The first-order chi connectivity index (χ1) is 15.5. The fraction of sp³-hybridized carbons (Fsp3) is 0.375. The van der Waals surface area contributed by atoms with Gasteiger partial charge in [-0.05, 0) is 36.3 Å². The van der Waals surface area contributed by atoms with Gasteiger partial charge in [-0.3, -0.25) is 14.9 Å². The van der Waals surface area contributed by atoms with Gasteiger partial charge in [0.05, 0.1) is 18.6 Å². The minimum Gasteiger partial charge on any atom is -0.493 e. The first kappa shape index (κ1) is 23.1. The van der Waals surface area contributed by atoms with E-state index in [-0.39, 0.29) is 16.5 Å². The Morgan fingerprint density at radius 2 is 1.88 bits per heavy atom. The number of carbonyl (C=O) groups excluding carboxylic acids is 1. The molecule has 1 saturated heterocycles. The summed E-state index contributed by atoms with van der Waals surface area (Å²) in [5.74, 6) is 1.23. The van der Waals surface area contributed by atoms with E-state index in [0.29, 0.717) is 50.0 Å². The first-order valence-electron chi connectivity index (χ1n) is 10.8. The molecule has 0 aromatic heterocycles. The third-order valence-electron chi connectivity index (χ3n) is 5.37. The molecule has 0 spiro atoms. The summed E-state index contributed by atoms with van der Waals surface area (Å²) in [6.45, 7) is 4.84. The average molecular weight is 440 g/mol. The third kappa shape index (κ3) is 5.78. The molecule has 0 atom stereocenters. The molecule has 0 radical (unpaired) electrons. The number of piperazine rings is 1. The normalized spacial score (nSPS) is 13.9. The molecule has 1 heterocycles. The van der Waals surface area contributed by atoms with Crippen LogP contribution in [0.3, 0.4) is 0 Å². The van der Waals surface area contributed by atoms with Crippen LogP contribution in [-0.2, 0) is 4.79 Å². The van der Waals surface area contributed by atoms with Gasteiger partial charge >= 0.3 is 0 Å². The first-order valence-corrected chi connectivity index (χ1v) is 10.8. The van der Waals surface area contributed by atoms with Crippen LogP contribution in [0.2, 0.25) is 0 Å². The number of methoxy groups -OCH3 is 1. The maximum atomic E-state index is 12.6. The molecule has 1 fully saturated rings. The third-order valence-corrected chi connectivity index (χ3v) is 5.37. The second-order valence-electron chi connectivity index (χ2n) is 7.50. The Morgan fingerprint density at radius 3 is 2.56 bits per heavy atom. The number of amides is 1. The van der Waals surface area contributed by atoms with Crippen LogP contribution in [0.5, 0.6) is 11.5 Å². The molecule has 2 aromatic rings. The predicted octanol–water partition coefficient (Wildman–Crippen LogP) is 4.14. The molecule has 1 amide bonds. The summed E-state index contributed by atoms with van der Waals surface area (Å²) in [4.78, 5) is 27.3. The Balaban J connectivity index is 1.58. The molecule has 1 aliphatic rings. The zero-order chi connectivity index (χ0) is 22.9. The lowest BCUT2D eigenvalue weighted by Gasteiger charge is -2.35. The lowest BCUT2D eigenvalue weighted by atomic mass is 10.1. The number of nitrogens with zero attached hydrogens (tertiary/aromatic N) is 3. The lowest BCUT2D eigenvalue weighted by molar-refractivity contribution is -0.384. The summed E-state index contributed by atoms with van der Waals surface area (Å²) in [7, 11) is 1.59. The smallest absolute Gasteiger partial charge is 0.292 e. The maximum Gasteiger partial charge on any atom is 0.292 e. The van der Waals surface area contributed by atoms with E-state index < -0.39 is 0 Å². The van der Waals surface area contributed by atoms with Gasteiger partial charge in [0.1, 0.15) is 5.69 Å². The van der Waals surface area contributed by atoms with Crippen molar-refractivity contribution in [2.75, 3.05) is 44.8 Å². The van der Waals surface area contributed by atoms with E-state index in [4.69, 9.17) is 9.47 Å². The number of unbranched alkanes of at least 4 members (excludes halogenated alkanes) is 1. The summed E-state index contributed by atoms with van der Waals surface area (Å²) in [6, 6.07) is 12.3. The van der Waals surface area contributed by atoms with Crippen LogP contribution in [0.15, 0.2) is 48.5 Å². The van der Waals surface area contributed by atoms with Crippen LogP contribution < -0.4 is 14.4 Å². The second-order valence-corrected chi connectivity index (χ2v) is 7.50. The molecule has 8 nitrogen and oxygen atoms in total. The number of hydrogen-bond donors (Lipinski definition) is 0. The van der Waals surface area contributed by atoms with Crippen molar-refractivity contribution in [2.45, 2.75) is 19.8 Å². The summed E-state index contributed by atoms with van der Waals surface area (Å²) in [5, 5.41) is 11.3. The quantitative estimate of drug-likeness (QED) is 0.253. The van der Waals surface area contributed by atoms with Crippen molar-refractivity contribution in [2.24, 2.45) is 0 Å². The van der Waals surface area contributed by atoms with Crippen LogP contribution in [-0.4, -0.2) is 55.6 Å². The predicted molar refractivity (Wildman–Crippen MR) is 124 cm³/mol. The van der Waals surface area contributed by atoms with E-state index in [1.54, 1.807) is 42.4 Å². The van der Waals surface area contributed by atoms with Crippen LogP contribution in [0.4, 0.5) is 11.4 Å². The molecule has 170 valence electrons. The van der Waals surface area contributed by atoms with Crippen LogP contribution in [0, 0.1) is 10.1 Å². The van der Waals surface area contributed by atoms with E-state index in [1.165, 1.54) is 6.07 Å². The van der Waals surface area contributed by atoms with Crippen molar-refractivity contribution >= 4 is 23.4 Å². The highest BCUT2D eigenvalue weighted by molar-refractivity contribution is 5.92. The number of para-hydroxylation sites is 2. The Hall–Kier alpha value is -3.55. The van der Waals surface area contributed by atoms with Gasteiger partial charge in [0.2, 0.25) is 5.91 Å². The summed E-state index contributed by atoms with van der Waals surface area (Å²) >= 11 is 0. The molecule has 32 heavy (non-hydrogen) atoms. The molecule has 0 unspecified atom stereocenters.